The molecule has 3 fully saturated rings. The third-order valence-corrected chi connectivity index (χ3v) is 7.27. The van der Waals surface area contributed by atoms with Gasteiger partial charge in [-0.05, 0) is 53.8 Å². The zero-order valence-corrected chi connectivity index (χ0v) is 17.0. The minimum atomic E-state index is 0.138. The molecule has 3 aliphatic rings. The van der Waals surface area contributed by atoms with Crippen molar-refractivity contribution < 1.29 is 14.3 Å². The lowest BCUT2D eigenvalue weighted by Crippen LogP contribution is -2.60. The molecule has 25 heavy (non-hydrogen) atoms. The summed E-state index contributed by atoms with van der Waals surface area (Å²) in [6.45, 7) is 13.0. The molecular weight excluding hydrogens is 314 g/mol. The molecule has 0 aromatic heterocycles. The highest BCUT2D eigenvalue weighted by Gasteiger charge is 2.68. The van der Waals surface area contributed by atoms with Gasteiger partial charge in [-0.3, -0.25) is 4.79 Å². The van der Waals surface area contributed by atoms with Crippen molar-refractivity contribution in [2.24, 2.45) is 28.1 Å². The Kier molecular flexibility index (Phi) is 5.00. The van der Waals surface area contributed by atoms with Crippen molar-refractivity contribution in [1.82, 2.24) is 5.32 Å². The lowest BCUT2D eigenvalue weighted by molar-refractivity contribution is -0.141. The highest BCUT2D eigenvalue weighted by atomic mass is 16.5. The predicted octanol–water partition coefficient (Wildman–Crippen LogP) is 3.79. The number of nitrogens with one attached hydrogen (secondary N) is 1. The zero-order chi connectivity index (χ0) is 18.5. The first-order valence-electron chi connectivity index (χ1n) is 10.00. The van der Waals surface area contributed by atoms with Crippen LogP contribution in [0.5, 0.6) is 0 Å². The van der Waals surface area contributed by atoms with Gasteiger partial charge in [-0.1, -0.05) is 34.6 Å². The maximum absolute atomic E-state index is 12.5. The largest absolute Gasteiger partial charge is 0.384 e. The molecule has 0 radical (unpaired) electrons. The molecule has 144 valence electrons. The quantitative estimate of drug-likeness (QED) is 0.820. The number of amides is 1. The summed E-state index contributed by atoms with van der Waals surface area (Å²) in [5.74, 6) is 1.42. The van der Waals surface area contributed by atoms with Crippen molar-refractivity contribution in [2.75, 3.05) is 20.3 Å². The first-order chi connectivity index (χ1) is 11.6. The number of ether oxygens (including phenoxy) is 2. The van der Waals surface area contributed by atoms with Crippen LogP contribution >= 0.6 is 0 Å². The molecule has 5 atom stereocenters. The molecule has 2 bridgehead atoms. The smallest absolute Gasteiger partial charge is 0.222 e. The monoisotopic (exact) mass is 351 g/mol. The number of rotatable bonds is 5. The van der Waals surface area contributed by atoms with Crippen LogP contribution in [0.25, 0.3) is 0 Å². The Labute approximate surface area is 153 Å². The van der Waals surface area contributed by atoms with Gasteiger partial charge in [0.25, 0.3) is 0 Å². The third kappa shape index (κ3) is 3.37. The summed E-state index contributed by atoms with van der Waals surface area (Å²) in [6, 6.07) is 0.263. The summed E-state index contributed by atoms with van der Waals surface area (Å²) in [5, 5.41) is 3.43. The van der Waals surface area contributed by atoms with E-state index < -0.39 is 0 Å². The van der Waals surface area contributed by atoms with Crippen LogP contribution in [0.2, 0.25) is 0 Å². The Balaban J connectivity index is 1.82. The minimum Gasteiger partial charge on any atom is -0.384 e. The predicted molar refractivity (Wildman–Crippen MR) is 99.3 cm³/mol. The summed E-state index contributed by atoms with van der Waals surface area (Å²) in [6.07, 6.45) is 5.51. The van der Waals surface area contributed by atoms with Gasteiger partial charge in [0.2, 0.25) is 5.91 Å². The van der Waals surface area contributed by atoms with Gasteiger partial charge in [0.1, 0.15) is 0 Å². The van der Waals surface area contributed by atoms with E-state index in [0.29, 0.717) is 31.0 Å². The first kappa shape index (κ1) is 19.2. The average Bonchev–Trinajstić information content (AvgIpc) is 2.98. The van der Waals surface area contributed by atoms with Gasteiger partial charge in [0.15, 0.2) is 0 Å². The molecule has 1 amide bonds. The van der Waals surface area contributed by atoms with Crippen molar-refractivity contribution >= 4 is 5.91 Å². The molecule has 2 saturated carbocycles. The van der Waals surface area contributed by atoms with E-state index in [1.165, 1.54) is 12.8 Å². The van der Waals surface area contributed by atoms with Gasteiger partial charge in [-0.15, -0.1) is 0 Å². The van der Waals surface area contributed by atoms with E-state index in [1.807, 2.05) is 0 Å². The van der Waals surface area contributed by atoms with E-state index in [4.69, 9.17) is 9.47 Å². The molecule has 1 saturated heterocycles. The highest BCUT2D eigenvalue weighted by Crippen LogP contribution is 2.69. The molecule has 4 heteroatoms. The fourth-order valence-corrected chi connectivity index (χ4v) is 6.14. The Morgan fingerprint density at radius 3 is 2.68 bits per heavy atom. The molecule has 2 aliphatic carbocycles. The normalized spacial score (nSPS) is 39.3. The molecular formula is C21H37NO3. The highest BCUT2D eigenvalue weighted by molar-refractivity contribution is 5.76. The molecule has 0 aromatic rings. The van der Waals surface area contributed by atoms with Crippen molar-refractivity contribution in [3.05, 3.63) is 0 Å². The van der Waals surface area contributed by atoms with Crippen molar-refractivity contribution in [2.45, 2.75) is 78.9 Å². The SMILES string of the molecule is COCCC(=O)N[C@@H]1C(C)(C)[C@@H]2C[C@@H]3[C@@H](CC(C)(C)C)OCCC31C2. The summed E-state index contributed by atoms with van der Waals surface area (Å²) >= 11 is 0. The van der Waals surface area contributed by atoms with E-state index in [9.17, 15) is 4.79 Å². The zero-order valence-electron chi connectivity index (χ0n) is 17.0. The molecule has 1 unspecified atom stereocenters. The fraction of sp³-hybridized carbons (Fsp3) is 0.952. The van der Waals surface area contributed by atoms with Gasteiger partial charge in [-0.2, -0.15) is 0 Å². The van der Waals surface area contributed by atoms with Crippen molar-refractivity contribution in [3.8, 4) is 0 Å². The van der Waals surface area contributed by atoms with E-state index in [2.05, 4.69) is 39.9 Å². The molecule has 1 aliphatic heterocycles. The van der Waals surface area contributed by atoms with Crippen LogP contribution in [0.15, 0.2) is 0 Å². The Morgan fingerprint density at radius 1 is 1.32 bits per heavy atom. The second-order valence-corrected chi connectivity index (χ2v) is 10.5. The molecule has 4 nitrogen and oxygen atoms in total. The van der Waals surface area contributed by atoms with Crippen LogP contribution in [0.4, 0.5) is 0 Å². The standard InChI is InChI=1S/C21H37NO3/c1-19(2,3)13-16-15-11-14-12-21(15,8-10-25-16)18(20(14,4)5)22-17(23)7-9-24-6/h14-16,18H,7-13H2,1-6H3,(H,22,23)/t14-,15-,16-,18-,21?/m1/s1. The van der Waals surface area contributed by atoms with Crippen LogP contribution < -0.4 is 5.32 Å². The molecule has 0 aromatic carbocycles. The number of methoxy groups -OCH3 is 1. The van der Waals surface area contributed by atoms with E-state index in [1.54, 1.807) is 7.11 Å². The summed E-state index contributed by atoms with van der Waals surface area (Å²) < 4.78 is 11.4. The lowest BCUT2D eigenvalue weighted by atomic mass is 9.58. The van der Waals surface area contributed by atoms with Gasteiger partial charge >= 0.3 is 0 Å². The Bertz CT molecular complexity index is 510. The van der Waals surface area contributed by atoms with Crippen molar-refractivity contribution in [1.29, 1.82) is 0 Å². The lowest BCUT2D eigenvalue weighted by Gasteiger charge is -2.54. The molecule has 3 rings (SSSR count). The van der Waals surface area contributed by atoms with Crippen LogP contribution in [-0.2, 0) is 14.3 Å². The van der Waals surface area contributed by atoms with Gasteiger partial charge < -0.3 is 14.8 Å². The Hall–Kier alpha value is -0.610. The maximum Gasteiger partial charge on any atom is 0.222 e. The van der Waals surface area contributed by atoms with Crippen LogP contribution in [0, 0.1) is 28.1 Å². The number of hydrogen-bond donors (Lipinski definition) is 1. The Morgan fingerprint density at radius 2 is 2.04 bits per heavy atom. The average molecular weight is 352 g/mol. The van der Waals surface area contributed by atoms with Crippen molar-refractivity contribution in [3.63, 3.8) is 0 Å². The van der Waals surface area contributed by atoms with Gasteiger partial charge in [0, 0.05) is 26.2 Å². The fourth-order valence-electron chi connectivity index (χ4n) is 6.14. The topological polar surface area (TPSA) is 47.6 Å². The summed E-state index contributed by atoms with van der Waals surface area (Å²) in [7, 11) is 1.65. The van der Waals surface area contributed by atoms with E-state index in [-0.39, 0.29) is 28.2 Å². The second kappa shape index (κ2) is 6.53. The number of hydrogen-bond acceptors (Lipinski definition) is 3. The summed E-state index contributed by atoms with van der Waals surface area (Å²) in [4.78, 5) is 12.5. The maximum atomic E-state index is 12.5. The number of carbonyl (C=O) groups is 1. The number of carbonyl (C=O) groups excluding carboxylic acids is 1. The van der Waals surface area contributed by atoms with Crippen LogP contribution in [0.3, 0.4) is 0 Å². The van der Waals surface area contributed by atoms with Crippen LogP contribution in [-0.4, -0.2) is 38.4 Å². The van der Waals surface area contributed by atoms with E-state index in [0.717, 1.165) is 19.4 Å². The number of fused-ring (bicyclic) bond motifs is 1. The minimum absolute atomic E-state index is 0.138. The first-order valence-corrected chi connectivity index (χ1v) is 10.00. The second-order valence-electron chi connectivity index (χ2n) is 10.5. The third-order valence-electron chi connectivity index (χ3n) is 7.27. The molecule has 1 spiro atoms. The summed E-state index contributed by atoms with van der Waals surface area (Å²) in [5.41, 5.74) is 0.672. The van der Waals surface area contributed by atoms with E-state index >= 15 is 0 Å². The molecule has 1 N–H and O–H groups in total. The van der Waals surface area contributed by atoms with Gasteiger partial charge in [0.05, 0.1) is 12.7 Å². The van der Waals surface area contributed by atoms with Gasteiger partial charge in [-0.25, -0.2) is 0 Å². The van der Waals surface area contributed by atoms with Crippen LogP contribution in [0.1, 0.15) is 66.7 Å². The molecule has 1 heterocycles.